The summed E-state index contributed by atoms with van der Waals surface area (Å²) < 4.78 is 0. The SMILES string of the molecule is CC1=CC=Cc2cc(-c3[nH]nc4ncc(-c5cncc(NC(=O)C6CCC6)c5)cc34)[nH]c2N1. The molecule has 1 amide bonds. The molecule has 164 valence electrons. The first-order valence-electron chi connectivity index (χ1n) is 11.1. The summed E-state index contributed by atoms with van der Waals surface area (Å²) in [5.41, 5.74) is 7.06. The first kappa shape index (κ1) is 19.5. The number of pyridine rings is 2. The van der Waals surface area contributed by atoms with Gasteiger partial charge < -0.3 is 15.6 Å². The van der Waals surface area contributed by atoms with E-state index in [1.165, 1.54) is 0 Å². The second-order valence-electron chi connectivity index (χ2n) is 8.62. The number of nitrogens with one attached hydrogen (secondary N) is 4. The van der Waals surface area contributed by atoms with Crippen LogP contribution in [-0.2, 0) is 4.79 Å². The number of hydrogen-bond donors (Lipinski definition) is 4. The number of amides is 1. The third-order valence-electron chi connectivity index (χ3n) is 6.29. The largest absolute Gasteiger partial charge is 0.345 e. The smallest absolute Gasteiger partial charge is 0.227 e. The van der Waals surface area contributed by atoms with Crippen LogP contribution in [0.15, 0.2) is 54.6 Å². The van der Waals surface area contributed by atoms with Crippen LogP contribution >= 0.6 is 0 Å². The maximum atomic E-state index is 12.3. The van der Waals surface area contributed by atoms with E-state index >= 15 is 0 Å². The summed E-state index contributed by atoms with van der Waals surface area (Å²) in [6.45, 7) is 2.03. The number of nitrogens with zero attached hydrogens (tertiary/aromatic N) is 3. The van der Waals surface area contributed by atoms with Gasteiger partial charge in [-0.05, 0) is 44.0 Å². The highest BCUT2D eigenvalue weighted by Crippen LogP contribution is 2.33. The standard InChI is InChI=1S/C25H23N7O/c1-14-4-2-7-16-10-21(30-23(16)28-14)22-20-9-18(12-27-24(20)32-31-22)17-8-19(13-26-11-17)29-25(33)15-5-3-6-15/h2,4,7-13,15,28,30H,3,5-6H2,1H3,(H,29,33)(H,27,31,32). The Morgan fingerprint density at radius 2 is 2.00 bits per heavy atom. The van der Waals surface area contributed by atoms with E-state index in [9.17, 15) is 4.79 Å². The number of rotatable bonds is 4. The molecule has 0 radical (unpaired) electrons. The molecule has 8 nitrogen and oxygen atoms in total. The Hall–Kier alpha value is -4.20. The van der Waals surface area contributed by atoms with Crippen LogP contribution in [0.2, 0.25) is 0 Å². The Balaban J connectivity index is 1.34. The summed E-state index contributed by atoms with van der Waals surface area (Å²) in [6.07, 6.45) is 14.4. The summed E-state index contributed by atoms with van der Waals surface area (Å²) in [5.74, 6) is 1.14. The second-order valence-corrected chi connectivity index (χ2v) is 8.62. The molecule has 0 spiro atoms. The molecular formula is C25H23N7O. The molecule has 0 bridgehead atoms. The van der Waals surface area contributed by atoms with Gasteiger partial charge in [0.05, 0.1) is 23.3 Å². The van der Waals surface area contributed by atoms with E-state index in [2.05, 4.69) is 54.0 Å². The zero-order valence-corrected chi connectivity index (χ0v) is 18.1. The van der Waals surface area contributed by atoms with Crippen molar-refractivity contribution in [3.05, 3.63) is 60.2 Å². The molecule has 8 heteroatoms. The topological polar surface area (TPSA) is 111 Å². The van der Waals surface area contributed by atoms with Crippen LogP contribution in [0.1, 0.15) is 31.7 Å². The van der Waals surface area contributed by atoms with Crippen LogP contribution in [0.3, 0.4) is 0 Å². The predicted octanol–water partition coefficient (Wildman–Crippen LogP) is 5.10. The van der Waals surface area contributed by atoms with Gasteiger partial charge in [0.2, 0.25) is 5.91 Å². The van der Waals surface area contributed by atoms with Crippen molar-refractivity contribution in [3.63, 3.8) is 0 Å². The molecule has 1 aliphatic heterocycles. The highest BCUT2D eigenvalue weighted by atomic mass is 16.1. The number of aromatic amines is 2. The quantitative estimate of drug-likeness (QED) is 0.355. The monoisotopic (exact) mass is 437 g/mol. The zero-order chi connectivity index (χ0) is 22.4. The normalized spacial score (nSPS) is 15.4. The highest BCUT2D eigenvalue weighted by molar-refractivity contribution is 5.95. The van der Waals surface area contributed by atoms with Crippen molar-refractivity contribution in [1.29, 1.82) is 0 Å². The van der Waals surface area contributed by atoms with E-state index in [4.69, 9.17) is 0 Å². The van der Waals surface area contributed by atoms with Gasteiger partial charge in [0.1, 0.15) is 5.82 Å². The molecule has 0 atom stereocenters. The summed E-state index contributed by atoms with van der Waals surface area (Å²) in [4.78, 5) is 24.7. The zero-order valence-electron chi connectivity index (χ0n) is 18.1. The van der Waals surface area contributed by atoms with Gasteiger partial charge in [0, 0.05) is 46.1 Å². The number of hydrogen-bond acceptors (Lipinski definition) is 5. The number of anilines is 2. The van der Waals surface area contributed by atoms with Crippen LogP contribution in [0.4, 0.5) is 11.5 Å². The number of fused-ring (bicyclic) bond motifs is 2. The van der Waals surface area contributed by atoms with E-state index in [-0.39, 0.29) is 11.8 Å². The Labute approximate surface area is 190 Å². The fraction of sp³-hybridized carbons (Fsp3) is 0.200. The van der Waals surface area contributed by atoms with Gasteiger partial charge in [0.25, 0.3) is 0 Å². The second kappa shape index (κ2) is 7.74. The van der Waals surface area contributed by atoms with Crippen molar-refractivity contribution in [2.45, 2.75) is 26.2 Å². The molecule has 6 rings (SSSR count). The van der Waals surface area contributed by atoms with Crippen molar-refractivity contribution >= 4 is 34.5 Å². The first-order chi connectivity index (χ1) is 16.1. The van der Waals surface area contributed by atoms with E-state index in [1.54, 1.807) is 18.6 Å². The van der Waals surface area contributed by atoms with Crippen molar-refractivity contribution in [1.82, 2.24) is 25.1 Å². The lowest BCUT2D eigenvalue weighted by Crippen LogP contribution is -2.28. The van der Waals surface area contributed by atoms with Gasteiger partial charge in [0.15, 0.2) is 5.65 Å². The van der Waals surface area contributed by atoms with Crippen LogP contribution in [-0.4, -0.2) is 31.1 Å². The Morgan fingerprint density at radius 1 is 1.12 bits per heavy atom. The molecule has 1 aliphatic carbocycles. The minimum Gasteiger partial charge on any atom is -0.345 e. The molecule has 4 aromatic heterocycles. The van der Waals surface area contributed by atoms with Gasteiger partial charge in [-0.3, -0.25) is 14.9 Å². The lowest BCUT2D eigenvalue weighted by atomic mass is 9.85. The van der Waals surface area contributed by atoms with E-state index in [0.29, 0.717) is 11.3 Å². The van der Waals surface area contributed by atoms with E-state index in [1.807, 2.05) is 25.1 Å². The van der Waals surface area contributed by atoms with Gasteiger partial charge in [-0.2, -0.15) is 5.10 Å². The predicted molar refractivity (Wildman–Crippen MR) is 129 cm³/mol. The first-order valence-corrected chi connectivity index (χ1v) is 11.1. The van der Waals surface area contributed by atoms with E-state index < -0.39 is 0 Å². The van der Waals surface area contributed by atoms with Gasteiger partial charge in [-0.25, -0.2) is 4.98 Å². The summed E-state index contributed by atoms with van der Waals surface area (Å²) in [5, 5.41) is 14.8. The van der Waals surface area contributed by atoms with Gasteiger partial charge in [-0.15, -0.1) is 0 Å². The van der Waals surface area contributed by atoms with Crippen molar-refractivity contribution < 1.29 is 4.79 Å². The maximum Gasteiger partial charge on any atom is 0.227 e. The molecule has 4 N–H and O–H groups in total. The molecule has 1 saturated carbocycles. The Bertz CT molecular complexity index is 1440. The lowest BCUT2D eigenvalue weighted by Gasteiger charge is -2.24. The third-order valence-corrected chi connectivity index (χ3v) is 6.29. The summed E-state index contributed by atoms with van der Waals surface area (Å²) in [7, 11) is 0. The van der Waals surface area contributed by atoms with Crippen molar-refractivity contribution in [2.75, 3.05) is 10.6 Å². The molecule has 5 heterocycles. The molecule has 1 fully saturated rings. The molecule has 33 heavy (non-hydrogen) atoms. The van der Waals surface area contributed by atoms with E-state index in [0.717, 1.165) is 64.2 Å². The maximum absolute atomic E-state index is 12.3. The van der Waals surface area contributed by atoms with Gasteiger partial charge >= 0.3 is 0 Å². The number of carbonyl (C=O) groups excluding carboxylic acids is 1. The fourth-order valence-corrected chi connectivity index (χ4v) is 4.22. The molecule has 0 unspecified atom stereocenters. The number of allylic oxidation sites excluding steroid dienone is 3. The molecule has 2 aliphatic rings. The van der Waals surface area contributed by atoms with Crippen molar-refractivity contribution in [2.24, 2.45) is 5.92 Å². The van der Waals surface area contributed by atoms with Crippen LogP contribution in [0.5, 0.6) is 0 Å². The summed E-state index contributed by atoms with van der Waals surface area (Å²) in [6, 6.07) is 6.08. The number of H-pyrrole nitrogens is 2. The number of aromatic nitrogens is 5. The molecule has 4 aromatic rings. The molecule has 0 saturated heterocycles. The molecule has 0 aromatic carbocycles. The average molecular weight is 438 g/mol. The average Bonchev–Trinajstić information content (AvgIpc) is 3.31. The Morgan fingerprint density at radius 3 is 2.85 bits per heavy atom. The van der Waals surface area contributed by atoms with Crippen LogP contribution in [0.25, 0.3) is 39.6 Å². The highest BCUT2D eigenvalue weighted by Gasteiger charge is 2.25. The van der Waals surface area contributed by atoms with Crippen LogP contribution < -0.4 is 10.6 Å². The van der Waals surface area contributed by atoms with Crippen LogP contribution in [0, 0.1) is 5.92 Å². The lowest BCUT2D eigenvalue weighted by molar-refractivity contribution is -0.122. The minimum atomic E-state index is 0.0742. The number of carbonyl (C=O) groups is 1. The van der Waals surface area contributed by atoms with Gasteiger partial charge in [-0.1, -0.05) is 18.6 Å². The minimum absolute atomic E-state index is 0.0742. The fourth-order valence-electron chi connectivity index (χ4n) is 4.22. The summed E-state index contributed by atoms with van der Waals surface area (Å²) >= 11 is 0. The molecular weight excluding hydrogens is 414 g/mol. The third kappa shape index (κ3) is 3.59. The van der Waals surface area contributed by atoms with Crippen molar-refractivity contribution in [3.8, 4) is 22.5 Å². The Kier molecular flexibility index (Phi) is 4.57.